The van der Waals surface area contributed by atoms with Crippen LogP contribution in [0.1, 0.15) is 50.8 Å². The van der Waals surface area contributed by atoms with Crippen LogP contribution >= 0.6 is 28.3 Å². The Morgan fingerprint density at radius 1 is 1.00 bits per heavy atom. The Balaban J connectivity index is 0.00000338. The molecule has 0 aliphatic heterocycles. The van der Waals surface area contributed by atoms with Crippen molar-refractivity contribution < 1.29 is 9.47 Å². The molecule has 0 bridgehead atoms. The Kier molecular flexibility index (Phi) is 10.7. The van der Waals surface area contributed by atoms with Crippen molar-refractivity contribution in [2.24, 2.45) is 0 Å². The summed E-state index contributed by atoms with van der Waals surface area (Å²) in [6, 6.07) is 15.2. The monoisotopic (exact) mass is 441 g/mol. The Morgan fingerprint density at radius 2 is 1.69 bits per heavy atom. The second kappa shape index (κ2) is 12.2. The summed E-state index contributed by atoms with van der Waals surface area (Å²) in [4.78, 5) is 0. The Bertz CT molecular complexity index is 652. The van der Waals surface area contributed by atoms with E-state index in [-0.39, 0.29) is 12.4 Å². The number of nitrogens with one attached hydrogen (secondary N) is 1. The molecule has 0 aliphatic rings. The largest absolute Gasteiger partial charge is 0.490 e. The summed E-state index contributed by atoms with van der Waals surface area (Å²) in [5.74, 6) is 1.57. The van der Waals surface area contributed by atoms with E-state index in [1.807, 2.05) is 13.8 Å². The number of ether oxygens (including phenoxy) is 2. The molecule has 0 radical (unpaired) electrons. The Hall–Kier alpha value is -1.23. The molecule has 0 fully saturated rings. The second-order valence-electron chi connectivity index (χ2n) is 5.90. The molecule has 0 aromatic heterocycles. The van der Waals surface area contributed by atoms with E-state index in [1.165, 1.54) is 11.1 Å². The number of benzene rings is 2. The van der Waals surface area contributed by atoms with Crippen molar-refractivity contribution in [3.63, 3.8) is 0 Å². The van der Waals surface area contributed by atoms with Crippen molar-refractivity contribution in [2.45, 2.75) is 46.2 Å². The van der Waals surface area contributed by atoms with Crippen molar-refractivity contribution >= 4 is 28.3 Å². The lowest BCUT2D eigenvalue weighted by Gasteiger charge is -2.20. The van der Waals surface area contributed by atoms with Crippen molar-refractivity contribution in [1.29, 1.82) is 0 Å². The molecule has 1 N–H and O–H groups in total. The van der Waals surface area contributed by atoms with E-state index in [0.717, 1.165) is 35.4 Å². The predicted octanol–water partition coefficient (Wildman–Crippen LogP) is 6.30. The van der Waals surface area contributed by atoms with E-state index >= 15 is 0 Å². The number of hydrogen-bond donors (Lipinski definition) is 1. The normalized spacial score (nSPS) is 11.5. The van der Waals surface area contributed by atoms with Crippen LogP contribution in [0, 0.1) is 0 Å². The molecule has 0 saturated heterocycles. The van der Waals surface area contributed by atoms with Crippen LogP contribution in [0.3, 0.4) is 0 Å². The summed E-state index contributed by atoms with van der Waals surface area (Å²) in [5.41, 5.74) is 2.51. The maximum absolute atomic E-state index is 5.77. The quantitative estimate of drug-likeness (QED) is 0.468. The zero-order valence-electron chi connectivity index (χ0n) is 15.8. The van der Waals surface area contributed by atoms with Gasteiger partial charge in [0.15, 0.2) is 11.5 Å². The molecule has 0 heterocycles. The van der Waals surface area contributed by atoms with Crippen LogP contribution in [0.2, 0.25) is 0 Å². The molecule has 0 amide bonds. The van der Waals surface area contributed by atoms with Gasteiger partial charge < -0.3 is 14.8 Å². The highest BCUT2D eigenvalue weighted by Crippen LogP contribution is 2.37. The maximum atomic E-state index is 5.77. The van der Waals surface area contributed by atoms with Gasteiger partial charge in [-0.15, -0.1) is 12.4 Å². The number of hydrogen-bond acceptors (Lipinski definition) is 3. The van der Waals surface area contributed by atoms with Gasteiger partial charge in [-0.1, -0.05) is 43.7 Å². The maximum Gasteiger partial charge on any atom is 0.175 e. The van der Waals surface area contributed by atoms with Crippen LogP contribution in [0.25, 0.3) is 0 Å². The average Bonchev–Trinajstić information content (AvgIpc) is 2.62. The van der Waals surface area contributed by atoms with E-state index in [9.17, 15) is 0 Å². The zero-order chi connectivity index (χ0) is 18.1. The number of halogens is 2. The first-order chi connectivity index (χ1) is 12.2. The molecule has 144 valence electrons. The summed E-state index contributed by atoms with van der Waals surface area (Å²) in [7, 11) is 0. The minimum Gasteiger partial charge on any atom is -0.490 e. The SMILES string of the molecule is CCCC(NCc1cc(Br)c(OCC)c(OCC)c1)c1ccccc1.Cl. The first-order valence-corrected chi connectivity index (χ1v) is 9.85. The summed E-state index contributed by atoms with van der Waals surface area (Å²) < 4.78 is 12.4. The van der Waals surface area contributed by atoms with E-state index in [4.69, 9.17) is 9.47 Å². The first kappa shape index (κ1) is 22.8. The molecule has 5 heteroatoms. The Labute approximate surface area is 172 Å². The van der Waals surface area contributed by atoms with Gasteiger partial charge >= 0.3 is 0 Å². The van der Waals surface area contributed by atoms with E-state index < -0.39 is 0 Å². The zero-order valence-corrected chi connectivity index (χ0v) is 18.2. The van der Waals surface area contributed by atoms with Gasteiger partial charge in [0.1, 0.15) is 0 Å². The minimum absolute atomic E-state index is 0. The van der Waals surface area contributed by atoms with Crippen LogP contribution in [-0.4, -0.2) is 13.2 Å². The molecule has 0 spiro atoms. The summed E-state index contributed by atoms with van der Waals surface area (Å²) in [6.45, 7) is 8.20. The molecule has 3 nitrogen and oxygen atoms in total. The highest BCUT2D eigenvalue weighted by Gasteiger charge is 2.14. The van der Waals surface area contributed by atoms with Gasteiger partial charge in [0.25, 0.3) is 0 Å². The van der Waals surface area contributed by atoms with Gasteiger partial charge in [-0.05, 0) is 59.5 Å². The first-order valence-electron chi connectivity index (χ1n) is 9.05. The molecular weight excluding hydrogens is 414 g/mol. The highest BCUT2D eigenvalue weighted by atomic mass is 79.9. The molecule has 0 aliphatic carbocycles. The van der Waals surface area contributed by atoms with Gasteiger partial charge in [0.2, 0.25) is 0 Å². The van der Waals surface area contributed by atoms with Crippen LogP contribution < -0.4 is 14.8 Å². The second-order valence-corrected chi connectivity index (χ2v) is 6.76. The summed E-state index contributed by atoms with van der Waals surface area (Å²) in [6.07, 6.45) is 2.25. The summed E-state index contributed by atoms with van der Waals surface area (Å²) in [5, 5.41) is 3.68. The van der Waals surface area contributed by atoms with Crippen molar-refractivity contribution in [1.82, 2.24) is 5.32 Å². The van der Waals surface area contributed by atoms with E-state index in [0.29, 0.717) is 19.3 Å². The van der Waals surface area contributed by atoms with Gasteiger partial charge in [-0.25, -0.2) is 0 Å². The molecule has 26 heavy (non-hydrogen) atoms. The lowest BCUT2D eigenvalue weighted by atomic mass is 10.0. The van der Waals surface area contributed by atoms with E-state index in [1.54, 1.807) is 0 Å². The van der Waals surface area contributed by atoms with Crippen molar-refractivity contribution in [2.75, 3.05) is 13.2 Å². The number of rotatable bonds is 10. The fourth-order valence-electron chi connectivity index (χ4n) is 2.87. The third-order valence-corrected chi connectivity index (χ3v) is 4.58. The average molecular weight is 443 g/mol. The minimum atomic E-state index is 0. The molecule has 1 unspecified atom stereocenters. The predicted molar refractivity (Wildman–Crippen MR) is 115 cm³/mol. The van der Waals surface area contributed by atoms with Gasteiger partial charge in [0, 0.05) is 12.6 Å². The van der Waals surface area contributed by atoms with Crippen LogP contribution in [0.15, 0.2) is 46.9 Å². The van der Waals surface area contributed by atoms with Crippen molar-refractivity contribution in [3.05, 3.63) is 58.1 Å². The topological polar surface area (TPSA) is 30.5 Å². The third kappa shape index (κ3) is 6.49. The highest BCUT2D eigenvalue weighted by molar-refractivity contribution is 9.10. The smallest absolute Gasteiger partial charge is 0.175 e. The molecule has 2 aromatic carbocycles. The standard InChI is InChI=1S/C21H28BrNO2.ClH/c1-4-10-19(17-11-8-7-9-12-17)23-15-16-13-18(22)21(25-6-3)20(14-16)24-5-2;/h7-9,11-14,19,23H,4-6,10,15H2,1-3H3;1H. The molecule has 0 saturated carbocycles. The molecule has 1 atom stereocenters. The van der Waals surface area contributed by atoms with Gasteiger partial charge in [-0.2, -0.15) is 0 Å². The fraction of sp³-hybridized carbons (Fsp3) is 0.429. The van der Waals surface area contributed by atoms with Crippen molar-refractivity contribution in [3.8, 4) is 11.5 Å². The molecule has 2 rings (SSSR count). The fourth-order valence-corrected chi connectivity index (χ4v) is 3.48. The van der Waals surface area contributed by atoms with Crippen LogP contribution in [-0.2, 0) is 6.54 Å². The Morgan fingerprint density at radius 3 is 2.31 bits per heavy atom. The molecular formula is C21H29BrClNO2. The molecule has 2 aromatic rings. The van der Waals surface area contributed by atoms with Gasteiger partial charge in [-0.3, -0.25) is 0 Å². The van der Waals surface area contributed by atoms with Gasteiger partial charge in [0.05, 0.1) is 17.7 Å². The van der Waals surface area contributed by atoms with Crippen LogP contribution in [0.4, 0.5) is 0 Å². The third-order valence-electron chi connectivity index (χ3n) is 3.99. The summed E-state index contributed by atoms with van der Waals surface area (Å²) >= 11 is 3.62. The van der Waals surface area contributed by atoms with Crippen LogP contribution in [0.5, 0.6) is 11.5 Å². The lowest BCUT2D eigenvalue weighted by Crippen LogP contribution is -2.21. The van der Waals surface area contributed by atoms with E-state index in [2.05, 4.69) is 70.6 Å². The lowest BCUT2D eigenvalue weighted by molar-refractivity contribution is 0.286.